The highest BCUT2D eigenvalue weighted by Gasteiger charge is 2.30. The van der Waals surface area contributed by atoms with Crippen molar-refractivity contribution in [3.63, 3.8) is 0 Å². The van der Waals surface area contributed by atoms with Crippen molar-refractivity contribution in [2.45, 2.75) is 30.1 Å². The number of halogens is 4. The second kappa shape index (κ2) is 7.28. The minimum absolute atomic E-state index is 0.0749. The van der Waals surface area contributed by atoms with Gasteiger partial charge in [-0.25, -0.2) is 15.0 Å². The summed E-state index contributed by atoms with van der Waals surface area (Å²) in [4.78, 5) is 24.9. The van der Waals surface area contributed by atoms with E-state index in [1.165, 1.54) is 6.20 Å². The van der Waals surface area contributed by atoms with Crippen molar-refractivity contribution >= 4 is 23.4 Å². The lowest BCUT2D eigenvalue weighted by Crippen LogP contribution is -2.23. The highest BCUT2D eigenvalue weighted by atomic mass is 35.5. The average molecular weight is 414 g/mol. The summed E-state index contributed by atoms with van der Waals surface area (Å²) in [6.45, 7) is 3.62. The van der Waals surface area contributed by atoms with Crippen molar-refractivity contribution in [3.8, 4) is 5.82 Å². The van der Waals surface area contributed by atoms with Crippen LogP contribution in [0.5, 0.6) is 0 Å². The van der Waals surface area contributed by atoms with Gasteiger partial charge in [-0.1, -0.05) is 11.6 Å². The molecular formula is C16H11ClF3N5OS. The van der Waals surface area contributed by atoms with Gasteiger partial charge >= 0.3 is 6.18 Å². The molecule has 0 fully saturated rings. The second-order valence-electron chi connectivity index (χ2n) is 5.48. The third-order valence-corrected chi connectivity index (χ3v) is 4.71. The van der Waals surface area contributed by atoms with Crippen LogP contribution in [0.3, 0.4) is 0 Å². The van der Waals surface area contributed by atoms with Gasteiger partial charge in [-0.05, 0) is 43.8 Å². The number of alkyl halides is 3. The Kier molecular flexibility index (Phi) is 5.20. The highest BCUT2D eigenvalue weighted by Crippen LogP contribution is 2.30. The lowest BCUT2D eigenvalue weighted by molar-refractivity contribution is -0.137. The van der Waals surface area contributed by atoms with Crippen LogP contribution in [0.1, 0.15) is 17.0 Å². The summed E-state index contributed by atoms with van der Waals surface area (Å²) in [5.41, 5.74) is -0.115. The molecule has 0 saturated carbocycles. The number of pyridine rings is 1. The number of hydrogen-bond donors (Lipinski definition) is 0. The van der Waals surface area contributed by atoms with Crippen LogP contribution in [-0.2, 0) is 6.18 Å². The van der Waals surface area contributed by atoms with Crippen molar-refractivity contribution in [1.29, 1.82) is 0 Å². The van der Waals surface area contributed by atoms with Gasteiger partial charge in [-0.15, -0.1) is 0 Å². The van der Waals surface area contributed by atoms with Crippen LogP contribution in [0.15, 0.2) is 45.4 Å². The molecule has 0 aromatic carbocycles. The minimum Gasteiger partial charge on any atom is -0.266 e. The van der Waals surface area contributed by atoms with Crippen molar-refractivity contribution < 1.29 is 13.2 Å². The molecule has 0 aliphatic carbocycles. The fourth-order valence-electron chi connectivity index (χ4n) is 2.17. The highest BCUT2D eigenvalue weighted by molar-refractivity contribution is 7.99. The van der Waals surface area contributed by atoms with Gasteiger partial charge in [0.15, 0.2) is 11.0 Å². The standard InChI is InChI=1S/C16H11ClF3N5OS/c1-8-5-9(2)24-15(23-8)27-11-7-22-25(14(26)13(11)17)12-4-3-10(6-21-12)16(18,19)20/h3-7H,1-2H3. The van der Waals surface area contributed by atoms with Gasteiger partial charge in [0.1, 0.15) is 5.02 Å². The zero-order valence-corrected chi connectivity index (χ0v) is 15.5. The first-order valence-electron chi connectivity index (χ1n) is 7.47. The summed E-state index contributed by atoms with van der Waals surface area (Å²) in [6.07, 6.45) is -2.58. The first-order valence-corrected chi connectivity index (χ1v) is 8.66. The molecule has 27 heavy (non-hydrogen) atoms. The van der Waals surface area contributed by atoms with E-state index in [0.717, 1.165) is 40.0 Å². The summed E-state index contributed by atoms with van der Waals surface area (Å²) in [7, 11) is 0. The molecule has 0 unspecified atom stereocenters. The van der Waals surface area contributed by atoms with E-state index in [-0.39, 0.29) is 10.8 Å². The lowest BCUT2D eigenvalue weighted by Gasteiger charge is -2.09. The summed E-state index contributed by atoms with van der Waals surface area (Å²) >= 11 is 7.19. The Morgan fingerprint density at radius 3 is 2.33 bits per heavy atom. The van der Waals surface area contributed by atoms with Gasteiger partial charge in [0.2, 0.25) is 0 Å². The van der Waals surface area contributed by atoms with E-state index < -0.39 is 17.3 Å². The van der Waals surface area contributed by atoms with Crippen molar-refractivity contribution in [2.24, 2.45) is 0 Å². The van der Waals surface area contributed by atoms with E-state index in [4.69, 9.17) is 11.6 Å². The van der Waals surface area contributed by atoms with Crippen LogP contribution in [0.25, 0.3) is 5.82 Å². The molecule has 0 radical (unpaired) electrons. The molecule has 3 aromatic heterocycles. The van der Waals surface area contributed by atoms with Gasteiger partial charge in [-0.3, -0.25) is 4.79 Å². The Morgan fingerprint density at radius 1 is 1.11 bits per heavy atom. The van der Waals surface area contributed by atoms with E-state index in [0.29, 0.717) is 16.2 Å². The monoisotopic (exact) mass is 413 g/mol. The maximum Gasteiger partial charge on any atom is 0.417 e. The fraction of sp³-hybridized carbons (Fsp3) is 0.188. The smallest absolute Gasteiger partial charge is 0.266 e. The van der Waals surface area contributed by atoms with E-state index in [1.54, 1.807) is 6.07 Å². The molecule has 0 saturated heterocycles. The molecule has 140 valence electrons. The number of hydrogen-bond acceptors (Lipinski definition) is 6. The van der Waals surface area contributed by atoms with E-state index in [2.05, 4.69) is 20.1 Å². The third-order valence-electron chi connectivity index (χ3n) is 3.34. The summed E-state index contributed by atoms with van der Waals surface area (Å²) in [5, 5.41) is 4.19. The number of aryl methyl sites for hydroxylation is 2. The van der Waals surface area contributed by atoms with Crippen LogP contribution in [0.2, 0.25) is 5.02 Å². The van der Waals surface area contributed by atoms with E-state index in [9.17, 15) is 18.0 Å². The number of nitrogens with zero attached hydrogens (tertiary/aromatic N) is 5. The molecule has 0 spiro atoms. The fourth-order valence-corrected chi connectivity index (χ4v) is 3.27. The normalized spacial score (nSPS) is 11.6. The maximum absolute atomic E-state index is 12.6. The van der Waals surface area contributed by atoms with Crippen LogP contribution < -0.4 is 5.56 Å². The summed E-state index contributed by atoms with van der Waals surface area (Å²) in [6, 6.07) is 3.67. The molecule has 0 aliphatic heterocycles. The molecular weight excluding hydrogens is 403 g/mol. The van der Waals surface area contributed by atoms with Crippen molar-refractivity contribution in [1.82, 2.24) is 24.7 Å². The molecule has 0 aliphatic rings. The van der Waals surface area contributed by atoms with Gasteiger partial charge in [0.05, 0.1) is 16.7 Å². The van der Waals surface area contributed by atoms with Gasteiger partial charge in [-0.2, -0.15) is 23.0 Å². The molecule has 11 heteroatoms. The van der Waals surface area contributed by atoms with Crippen LogP contribution in [-0.4, -0.2) is 24.7 Å². The molecule has 3 rings (SSSR count). The Morgan fingerprint density at radius 2 is 1.78 bits per heavy atom. The van der Waals surface area contributed by atoms with E-state index >= 15 is 0 Å². The molecule has 0 N–H and O–H groups in total. The second-order valence-corrected chi connectivity index (χ2v) is 6.86. The van der Waals surface area contributed by atoms with Gasteiger partial charge < -0.3 is 0 Å². The average Bonchev–Trinajstić information content (AvgIpc) is 2.58. The van der Waals surface area contributed by atoms with Gasteiger partial charge in [0, 0.05) is 17.6 Å². The molecule has 3 aromatic rings. The summed E-state index contributed by atoms with van der Waals surface area (Å²) < 4.78 is 38.7. The summed E-state index contributed by atoms with van der Waals surface area (Å²) in [5.74, 6) is -0.0749. The number of rotatable bonds is 3. The predicted octanol–water partition coefficient (Wildman–Crippen LogP) is 3.86. The third kappa shape index (κ3) is 4.28. The predicted molar refractivity (Wildman–Crippen MR) is 93.3 cm³/mol. The van der Waals surface area contributed by atoms with E-state index in [1.807, 2.05) is 13.8 Å². The quantitative estimate of drug-likeness (QED) is 0.607. The van der Waals surface area contributed by atoms with Crippen LogP contribution in [0.4, 0.5) is 13.2 Å². The first kappa shape index (κ1) is 19.3. The Bertz CT molecular complexity index is 1030. The van der Waals surface area contributed by atoms with Crippen LogP contribution in [0, 0.1) is 13.8 Å². The molecule has 6 nitrogen and oxygen atoms in total. The molecule has 0 atom stereocenters. The Labute approximate surface area is 160 Å². The first-order chi connectivity index (χ1) is 12.6. The Hall–Kier alpha value is -2.46. The Balaban J connectivity index is 1.94. The topological polar surface area (TPSA) is 73.6 Å². The maximum atomic E-state index is 12.6. The zero-order valence-electron chi connectivity index (χ0n) is 14.0. The molecule has 0 amide bonds. The SMILES string of the molecule is Cc1cc(C)nc(Sc2cnn(-c3ccc(C(F)(F)F)cn3)c(=O)c2Cl)n1. The lowest BCUT2D eigenvalue weighted by atomic mass is 10.3. The minimum atomic E-state index is -4.52. The van der Waals surface area contributed by atoms with Gasteiger partial charge in [0.25, 0.3) is 5.56 Å². The zero-order chi connectivity index (χ0) is 19.8. The number of aromatic nitrogens is 5. The largest absolute Gasteiger partial charge is 0.417 e. The molecule has 3 heterocycles. The van der Waals surface area contributed by atoms with Crippen LogP contribution >= 0.6 is 23.4 Å². The van der Waals surface area contributed by atoms with Crippen molar-refractivity contribution in [2.75, 3.05) is 0 Å². The van der Waals surface area contributed by atoms with Crippen molar-refractivity contribution in [3.05, 3.63) is 62.9 Å². The molecule has 0 bridgehead atoms.